The normalized spacial score (nSPS) is 20.4. The summed E-state index contributed by atoms with van der Waals surface area (Å²) in [5, 5.41) is 30.0. The predicted molar refractivity (Wildman–Crippen MR) is 421 cm³/mol. The fourth-order valence-electron chi connectivity index (χ4n) is 17.6. The number of hydrogen-bond donors (Lipinski definition) is 9. The number of carbonyl (C=O) groups is 8. The van der Waals surface area contributed by atoms with Crippen molar-refractivity contribution < 1.29 is 78.9 Å². The van der Waals surface area contributed by atoms with Crippen molar-refractivity contribution in [3.05, 3.63) is 143 Å². The minimum atomic E-state index is -4.50. The van der Waals surface area contributed by atoms with Gasteiger partial charge in [0.15, 0.2) is 16.7 Å². The van der Waals surface area contributed by atoms with E-state index in [2.05, 4.69) is 52.0 Å². The number of primary amides is 1. The number of aromatic carboxylic acids is 1. The number of para-hydroxylation sites is 1. The summed E-state index contributed by atoms with van der Waals surface area (Å²) in [7, 11) is -8.95. The van der Waals surface area contributed by atoms with E-state index in [4.69, 9.17) is 25.3 Å². The summed E-state index contributed by atoms with van der Waals surface area (Å²) in [4.78, 5) is 119. The maximum atomic E-state index is 13.9. The van der Waals surface area contributed by atoms with Gasteiger partial charge in [-0.1, -0.05) is 81.9 Å². The first-order valence-corrected chi connectivity index (χ1v) is 41.8. The molecule has 4 atom stereocenters. The smallest absolute Gasteiger partial charge is 0.355 e. The van der Waals surface area contributed by atoms with Crippen LogP contribution in [-0.2, 0) is 79.8 Å². The number of pyridine rings is 1. The number of hydrogen-bond acceptors (Lipinski definition) is 21. The van der Waals surface area contributed by atoms with Gasteiger partial charge in [0, 0.05) is 112 Å². The van der Waals surface area contributed by atoms with Gasteiger partial charge >= 0.3 is 12.0 Å². The van der Waals surface area contributed by atoms with Crippen molar-refractivity contribution in [1.82, 2.24) is 50.4 Å². The van der Waals surface area contributed by atoms with Crippen LogP contribution in [0.1, 0.15) is 148 Å². The summed E-state index contributed by atoms with van der Waals surface area (Å²) in [5.41, 5.74) is 9.97. The van der Waals surface area contributed by atoms with E-state index in [0.717, 1.165) is 64.0 Å². The minimum absolute atomic E-state index is 0.0215. The molecule has 112 heavy (non-hydrogen) atoms. The lowest BCUT2D eigenvalue weighted by atomic mass is 9.39. The van der Waals surface area contributed by atoms with Gasteiger partial charge in [-0.3, -0.25) is 57.7 Å². The van der Waals surface area contributed by atoms with Crippen molar-refractivity contribution in [1.29, 1.82) is 0 Å². The van der Waals surface area contributed by atoms with E-state index in [9.17, 15) is 69.4 Å². The van der Waals surface area contributed by atoms with Crippen LogP contribution in [0.2, 0.25) is 0 Å². The minimum Gasteiger partial charge on any atom is -0.476 e. The average Bonchev–Trinajstić information content (AvgIpc) is 0.772. The number of nitrogens with zero attached hydrogens (tertiary/aromatic N) is 8. The molecule has 4 aliphatic carbocycles. The molecule has 8 amide bonds. The Hall–Kier alpha value is -9.71. The molecule has 34 heteroatoms. The molecule has 2 unspecified atom stereocenters. The van der Waals surface area contributed by atoms with E-state index in [1.54, 1.807) is 61.3 Å². The summed E-state index contributed by atoms with van der Waals surface area (Å²) in [5.74, 6) is -5.10. The predicted octanol–water partition coefficient (Wildman–Crippen LogP) is 8.08. The third-order valence-corrected chi connectivity index (χ3v) is 24.1. The molecule has 3 aromatic heterocycles. The average molecular weight is 1600 g/mol. The van der Waals surface area contributed by atoms with Crippen molar-refractivity contribution in [3.8, 4) is 11.1 Å². The standard InChI is InChI=1S/C78H100N14O17S3/c1-50(2)67(86-64(93)19-8-7-11-30-91-65(94)26-27-66(91)95)71(98)83-61(17-13-29-80-73(79)101)70(97)82-55-22-20-53(21-23-55)42-108-52(4)89(36-39-112(105,106)107)33-32-88(35-38-111(102,103)104)34-37-109-78-46-75(5)43-76(6,47-78)45-77(44-75,48-78)49-92-51(3)58(40-81-92)56-24-25-63(85-68(56)72(99)100)90-31-28-54-14-12-15-57(59(54)41-90)69(96)87-74-84-60-16-9-10-18-62(60)110-74/h9-10,12,14-16,18,20-27,40,50,61,67H,4,7-8,11,13,17,19,28-39,41-49H2,1-3,5-6H3,(H,82,97)(H,83,98)(H,86,93)(H,99,100)(H3,79,80,101)(H,84,87,96)(H,102,103,104)(H,105,106,107)/t61-,67-,75?,76?,77?,78?/m0/s1. The van der Waals surface area contributed by atoms with Gasteiger partial charge < -0.3 is 51.4 Å². The highest BCUT2D eigenvalue weighted by atomic mass is 32.2. The highest BCUT2D eigenvalue weighted by Crippen LogP contribution is 2.72. The molecular weight excluding hydrogens is 1500 g/mol. The van der Waals surface area contributed by atoms with E-state index >= 15 is 0 Å². The second kappa shape index (κ2) is 35.1. The van der Waals surface area contributed by atoms with Gasteiger partial charge in [0.1, 0.15) is 24.5 Å². The van der Waals surface area contributed by atoms with E-state index in [0.29, 0.717) is 90.6 Å². The summed E-state index contributed by atoms with van der Waals surface area (Å²) < 4.78 is 85.1. The Kier molecular flexibility index (Phi) is 26.1. The molecule has 31 nitrogen and oxygen atoms in total. The molecule has 6 aliphatic rings. The first kappa shape index (κ1) is 83.2. The maximum absolute atomic E-state index is 13.9. The number of nitrogens with one attached hydrogen (secondary N) is 5. The van der Waals surface area contributed by atoms with Gasteiger partial charge in [-0.2, -0.15) is 21.9 Å². The van der Waals surface area contributed by atoms with Gasteiger partial charge in [0.2, 0.25) is 17.7 Å². The summed E-state index contributed by atoms with van der Waals surface area (Å²) in [6, 6.07) is 20.5. The molecule has 0 radical (unpaired) electrons. The highest BCUT2D eigenvalue weighted by molar-refractivity contribution is 7.86. The van der Waals surface area contributed by atoms with Crippen LogP contribution in [0.15, 0.2) is 110 Å². The Morgan fingerprint density at radius 1 is 0.768 bits per heavy atom. The maximum Gasteiger partial charge on any atom is 0.355 e. The number of rotatable bonds is 40. The Morgan fingerprint density at radius 3 is 2.17 bits per heavy atom. The fraction of sp³-hybridized carbons (Fsp3) is 0.500. The Bertz CT molecular complexity index is 4750. The number of fused-ring (bicyclic) bond motifs is 2. The number of imide groups is 1. The lowest BCUT2D eigenvalue weighted by molar-refractivity contribution is -0.248. The van der Waals surface area contributed by atoms with Gasteiger partial charge in [-0.25, -0.2) is 19.6 Å². The molecule has 3 aromatic carbocycles. The van der Waals surface area contributed by atoms with Gasteiger partial charge in [0.05, 0.1) is 40.1 Å². The number of carbonyl (C=O) groups excluding carboxylic acids is 7. The molecule has 0 saturated heterocycles. The monoisotopic (exact) mass is 1600 g/mol. The zero-order chi connectivity index (χ0) is 80.5. The first-order valence-electron chi connectivity index (χ1n) is 37.7. The second-order valence-corrected chi connectivity index (χ2v) is 35.6. The van der Waals surface area contributed by atoms with Crippen molar-refractivity contribution in [2.45, 2.75) is 155 Å². The quantitative estimate of drug-likeness (QED) is 0.00759. The number of unbranched alkanes of at least 4 members (excludes halogenated alkanes) is 2. The second-order valence-electron chi connectivity index (χ2n) is 31.5. The largest absolute Gasteiger partial charge is 0.476 e. The number of aromatic nitrogens is 4. The van der Waals surface area contributed by atoms with E-state index in [1.165, 1.54) is 28.4 Å². The number of amides is 8. The summed E-state index contributed by atoms with van der Waals surface area (Å²) >= 11 is 1.39. The molecule has 602 valence electrons. The third-order valence-electron chi connectivity index (χ3n) is 21.8. The summed E-state index contributed by atoms with van der Waals surface area (Å²) in [6.07, 6.45) is 11.6. The zero-order valence-corrected chi connectivity index (χ0v) is 66.2. The van der Waals surface area contributed by atoms with Gasteiger partial charge in [-0.05, 0) is 165 Å². The van der Waals surface area contributed by atoms with Crippen molar-refractivity contribution in [3.63, 3.8) is 0 Å². The molecule has 12 rings (SSSR count). The van der Waals surface area contributed by atoms with E-state index in [1.807, 2.05) is 59.0 Å². The number of urea groups is 1. The molecule has 2 aliphatic heterocycles. The molecule has 4 saturated carbocycles. The SMILES string of the molecule is C=C(OCc1ccc(NC(=O)[C@H](CCCNC(N)=O)NC(=O)[C@@H](NC(=O)CCCCCN2C(=O)C=CC2=O)C(C)C)cc1)N(CCN(CCOC12CC3(C)CC(C)(CC(Cn4ncc(-c5ccc(N6CCc7cccc(C(=O)Nc8nc9ccccc9s8)c7C6)nc5C(=O)O)c4C)(C3)C1)C2)CCS(=O)(=O)O)CCS(=O)(=O)O. The molecule has 5 heterocycles. The Balaban J connectivity index is 0.699. The fourth-order valence-corrected chi connectivity index (χ4v) is 19.4. The Labute approximate surface area is 655 Å². The summed E-state index contributed by atoms with van der Waals surface area (Å²) in [6.45, 7) is 15.9. The van der Waals surface area contributed by atoms with Gasteiger partial charge in [0.25, 0.3) is 38.0 Å². The first-order chi connectivity index (χ1) is 53.0. The number of carboxylic acid groups (broad SMARTS) is 1. The van der Waals surface area contributed by atoms with E-state index in [-0.39, 0.29) is 124 Å². The van der Waals surface area contributed by atoms with Crippen LogP contribution in [0.5, 0.6) is 0 Å². The van der Waals surface area contributed by atoms with Crippen LogP contribution in [0.25, 0.3) is 21.3 Å². The molecule has 6 aromatic rings. The van der Waals surface area contributed by atoms with Crippen LogP contribution >= 0.6 is 11.3 Å². The van der Waals surface area contributed by atoms with Crippen molar-refractivity contribution >= 4 is 106 Å². The molecule has 4 bridgehead atoms. The third kappa shape index (κ3) is 21.5. The number of thiazole rings is 1. The topological polar surface area (TPSA) is 427 Å². The van der Waals surface area contributed by atoms with Gasteiger partial charge in [-0.15, -0.1) is 0 Å². The lowest BCUT2D eigenvalue weighted by Gasteiger charge is -2.69. The van der Waals surface area contributed by atoms with E-state index < -0.39 is 85.1 Å². The number of carboxylic acids is 1. The molecular formula is C78H100N14O17S3. The number of anilines is 3. The van der Waals surface area contributed by atoms with Crippen LogP contribution in [0.4, 0.5) is 21.4 Å². The highest BCUT2D eigenvalue weighted by Gasteiger charge is 2.66. The number of nitrogens with two attached hydrogens (primary N) is 1. The molecule has 4 fully saturated rings. The zero-order valence-electron chi connectivity index (χ0n) is 63.7. The van der Waals surface area contributed by atoms with Crippen LogP contribution in [-0.4, -0.2) is 201 Å². The number of ether oxygens (including phenoxy) is 2. The van der Waals surface area contributed by atoms with Crippen molar-refractivity contribution in [2.24, 2.45) is 27.9 Å². The molecule has 10 N–H and O–H groups in total. The van der Waals surface area contributed by atoms with Crippen LogP contribution in [0, 0.1) is 29.1 Å². The molecule has 0 spiro atoms. The van der Waals surface area contributed by atoms with Crippen molar-refractivity contribution in [2.75, 3.05) is 86.0 Å². The Morgan fingerprint density at radius 2 is 1.48 bits per heavy atom. The van der Waals surface area contributed by atoms with Crippen LogP contribution in [0.3, 0.4) is 0 Å². The number of benzene rings is 3. The van der Waals surface area contributed by atoms with Crippen LogP contribution < -0.4 is 37.2 Å². The lowest BCUT2D eigenvalue weighted by Crippen LogP contribution is -2.64.